The molecule has 1 heterocycles. The first-order valence-electron chi connectivity index (χ1n) is 6.34. The van der Waals surface area contributed by atoms with Crippen LogP contribution in [0.2, 0.25) is 0 Å². The van der Waals surface area contributed by atoms with Crippen molar-refractivity contribution in [1.82, 2.24) is 10.2 Å². The van der Waals surface area contributed by atoms with E-state index in [1.807, 2.05) is 23.1 Å². The molecule has 2 rings (SSSR count). The standard InChI is InChI=1S/C14H20N2O.ClH/c1-2-16(14(17)13-10-15-11-13)9-8-12-6-4-3-5-7-12;/h3-7,13,15H,2,8-11H2,1H3;1H. The van der Waals surface area contributed by atoms with Gasteiger partial charge in [-0.25, -0.2) is 0 Å². The molecular formula is C14H21ClN2O. The SMILES string of the molecule is CCN(CCc1ccccc1)C(=O)C1CNC1.Cl. The molecule has 1 aromatic carbocycles. The van der Waals surface area contributed by atoms with Gasteiger partial charge in [0.25, 0.3) is 0 Å². The lowest BCUT2D eigenvalue weighted by atomic mass is 10.0. The molecule has 4 heteroatoms. The lowest BCUT2D eigenvalue weighted by Crippen LogP contribution is -2.52. The van der Waals surface area contributed by atoms with Gasteiger partial charge in [0, 0.05) is 26.2 Å². The quantitative estimate of drug-likeness (QED) is 0.882. The van der Waals surface area contributed by atoms with E-state index in [4.69, 9.17) is 0 Å². The Morgan fingerprint density at radius 2 is 2.00 bits per heavy atom. The highest BCUT2D eigenvalue weighted by Crippen LogP contribution is 2.09. The maximum atomic E-state index is 12.1. The maximum absolute atomic E-state index is 12.1. The average Bonchev–Trinajstić information content (AvgIpc) is 2.29. The number of hydrogen-bond acceptors (Lipinski definition) is 2. The topological polar surface area (TPSA) is 32.3 Å². The van der Waals surface area contributed by atoms with Crippen molar-refractivity contribution in [2.45, 2.75) is 13.3 Å². The first-order chi connectivity index (χ1) is 8.31. The molecule has 0 atom stereocenters. The van der Waals surface area contributed by atoms with Gasteiger partial charge in [0.1, 0.15) is 0 Å². The van der Waals surface area contributed by atoms with E-state index in [2.05, 4.69) is 24.4 Å². The molecule has 0 aromatic heterocycles. The number of carbonyl (C=O) groups is 1. The molecule has 0 saturated carbocycles. The van der Waals surface area contributed by atoms with Crippen molar-refractivity contribution >= 4 is 18.3 Å². The molecule has 100 valence electrons. The summed E-state index contributed by atoms with van der Waals surface area (Å²) in [5.74, 6) is 0.521. The molecule has 0 aliphatic carbocycles. The third kappa shape index (κ3) is 3.72. The molecule has 0 bridgehead atoms. The molecule has 1 aliphatic heterocycles. The van der Waals surface area contributed by atoms with E-state index < -0.39 is 0 Å². The van der Waals surface area contributed by atoms with E-state index in [-0.39, 0.29) is 18.3 Å². The van der Waals surface area contributed by atoms with Gasteiger partial charge in [0.15, 0.2) is 0 Å². The Balaban J connectivity index is 0.00000162. The summed E-state index contributed by atoms with van der Waals surface area (Å²) in [5, 5.41) is 3.15. The Labute approximate surface area is 115 Å². The molecule has 1 saturated heterocycles. The van der Waals surface area contributed by atoms with Crippen molar-refractivity contribution < 1.29 is 4.79 Å². The highest BCUT2D eigenvalue weighted by atomic mass is 35.5. The third-order valence-corrected chi connectivity index (χ3v) is 3.34. The van der Waals surface area contributed by atoms with Crippen LogP contribution in [0, 0.1) is 5.92 Å². The molecule has 1 aromatic rings. The van der Waals surface area contributed by atoms with Crippen molar-refractivity contribution in [2.75, 3.05) is 26.2 Å². The fourth-order valence-corrected chi connectivity index (χ4v) is 2.05. The van der Waals surface area contributed by atoms with Crippen molar-refractivity contribution in [2.24, 2.45) is 5.92 Å². The summed E-state index contributed by atoms with van der Waals surface area (Å²) in [6.07, 6.45) is 0.945. The van der Waals surface area contributed by atoms with Crippen LogP contribution in [0.4, 0.5) is 0 Å². The number of amides is 1. The molecule has 0 unspecified atom stereocenters. The van der Waals surface area contributed by atoms with Crippen LogP contribution in [0.1, 0.15) is 12.5 Å². The maximum Gasteiger partial charge on any atom is 0.228 e. The van der Waals surface area contributed by atoms with E-state index in [9.17, 15) is 4.79 Å². The minimum Gasteiger partial charge on any atom is -0.342 e. The van der Waals surface area contributed by atoms with Crippen LogP contribution in [0.3, 0.4) is 0 Å². The predicted molar refractivity (Wildman–Crippen MR) is 76.0 cm³/mol. The third-order valence-electron chi connectivity index (χ3n) is 3.34. The van der Waals surface area contributed by atoms with Gasteiger partial charge in [0.05, 0.1) is 5.92 Å². The van der Waals surface area contributed by atoms with Crippen LogP contribution in [0.5, 0.6) is 0 Å². The van der Waals surface area contributed by atoms with Gasteiger partial charge in [-0.15, -0.1) is 12.4 Å². The minimum atomic E-state index is 0. The Bertz CT molecular complexity index is 365. The second-order valence-corrected chi connectivity index (χ2v) is 4.51. The molecule has 0 radical (unpaired) electrons. The van der Waals surface area contributed by atoms with Crippen LogP contribution in [-0.4, -0.2) is 37.0 Å². The molecular weight excluding hydrogens is 248 g/mol. The lowest BCUT2D eigenvalue weighted by Gasteiger charge is -2.31. The molecule has 1 aliphatic rings. The van der Waals surface area contributed by atoms with Gasteiger partial charge in [-0.1, -0.05) is 30.3 Å². The Hall–Kier alpha value is -1.06. The number of nitrogens with zero attached hydrogens (tertiary/aromatic N) is 1. The number of nitrogens with one attached hydrogen (secondary N) is 1. The van der Waals surface area contributed by atoms with Gasteiger partial charge in [-0.05, 0) is 18.9 Å². The number of rotatable bonds is 5. The van der Waals surface area contributed by atoms with E-state index in [1.54, 1.807) is 0 Å². The van der Waals surface area contributed by atoms with Gasteiger partial charge >= 0.3 is 0 Å². The van der Waals surface area contributed by atoms with Crippen LogP contribution in [0.25, 0.3) is 0 Å². The first-order valence-corrected chi connectivity index (χ1v) is 6.34. The number of likely N-dealkylation sites (N-methyl/N-ethyl adjacent to an activating group) is 1. The van der Waals surface area contributed by atoms with Crippen LogP contribution in [-0.2, 0) is 11.2 Å². The van der Waals surface area contributed by atoms with Gasteiger partial charge in [-0.3, -0.25) is 4.79 Å². The van der Waals surface area contributed by atoms with Gasteiger partial charge in [-0.2, -0.15) is 0 Å². The van der Waals surface area contributed by atoms with Crippen molar-refractivity contribution in [1.29, 1.82) is 0 Å². The van der Waals surface area contributed by atoms with E-state index in [0.717, 1.165) is 32.6 Å². The zero-order valence-electron chi connectivity index (χ0n) is 10.8. The minimum absolute atomic E-state index is 0. The molecule has 1 fully saturated rings. The van der Waals surface area contributed by atoms with Crippen molar-refractivity contribution in [3.8, 4) is 0 Å². The zero-order chi connectivity index (χ0) is 12.1. The summed E-state index contributed by atoms with van der Waals surface area (Å²) >= 11 is 0. The summed E-state index contributed by atoms with van der Waals surface area (Å²) in [6, 6.07) is 10.3. The monoisotopic (exact) mass is 268 g/mol. The van der Waals surface area contributed by atoms with Crippen LogP contribution in [0.15, 0.2) is 30.3 Å². The highest BCUT2D eigenvalue weighted by molar-refractivity contribution is 5.85. The average molecular weight is 269 g/mol. The highest BCUT2D eigenvalue weighted by Gasteiger charge is 2.28. The molecule has 0 spiro atoms. The van der Waals surface area contributed by atoms with Gasteiger partial charge < -0.3 is 10.2 Å². The van der Waals surface area contributed by atoms with Crippen molar-refractivity contribution in [3.63, 3.8) is 0 Å². The Morgan fingerprint density at radius 3 is 2.50 bits per heavy atom. The van der Waals surface area contributed by atoms with E-state index >= 15 is 0 Å². The smallest absolute Gasteiger partial charge is 0.228 e. The van der Waals surface area contributed by atoms with E-state index in [0.29, 0.717) is 5.91 Å². The largest absolute Gasteiger partial charge is 0.342 e. The fourth-order valence-electron chi connectivity index (χ4n) is 2.05. The number of carbonyl (C=O) groups excluding carboxylic acids is 1. The summed E-state index contributed by atoms with van der Waals surface area (Å²) in [7, 11) is 0. The Morgan fingerprint density at radius 1 is 1.33 bits per heavy atom. The fraction of sp³-hybridized carbons (Fsp3) is 0.500. The molecule has 1 N–H and O–H groups in total. The molecule has 3 nitrogen and oxygen atoms in total. The summed E-state index contributed by atoms with van der Waals surface area (Å²) in [4.78, 5) is 14.0. The molecule has 1 amide bonds. The van der Waals surface area contributed by atoms with Crippen molar-refractivity contribution in [3.05, 3.63) is 35.9 Å². The number of halogens is 1. The second kappa shape index (κ2) is 7.39. The molecule has 18 heavy (non-hydrogen) atoms. The van der Waals surface area contributed by atoms with Gasteiger partial charge in [0.2, 0.25) is 5.91 Å². The first kappa shape index (κ1) is 15.0. The van der Waals surface area contributed by atoms with Crippen LogP contribution >= 0.6 is 12.4 Å². The Kier molecular flexibility index (Phi) is 6.16. The normalized spacial score (nSPS) is 14.5. The summed E-state index contributed by atoms with van der Waals surface area (Å²) in [6.45, 7) is 5.38. The van der Waals surface area contributed by atoms with Crippen LogP contribution < -0.4 is 5.32 Å². The number of hydrogen-bond donors (Lipinski definition) is 1. The zero-order valence-corrected chi connectivity index (χ0v) is 11.6. The summed E-state index contributed by atoms with van der Waals surface area (Å²) in [5.41, 5.74) is 1.30. The second-order valence-electron chi connectivity index (χ2n) is 4.51. The van der Waals surface area contributed by atoms with E-state index in [1.165, 1.54) is 5.56 Å². The number of benzene rings is 1. The lowest BCUT2D eigenvalue weighted by molar-refractivity contribution is -0.136. The summed E-state index contributed by atoms with van der Waals surface area (Å²) < 4.78 is 0. The predicted octanol–water partition coefficient (Wildman–Crippen LogP) is 1.72.